The smallest absolute Gasteiger partial charge is 0.343 e. The Morgan fingerprint density at radius 2 is 1.07 bits per heavy atom. The molecule has 2 amide bonds. The van der Waals surface area contributed by atoms with E-state index < -0.39 is 59.9 Å². The number of amides is 2. The lowest BCUT2D eigenvalue weighted by atomic mass is 9.98. The number of halogens is 6. The van der Waals surface area contributed by atoms with Crippen molar-refractivity contribution in [3.63, 3.8) is 0 Å². The van der Waals surface area contributed by atoms with Gasteiger partial charge in [-0.25, -0.2) is 0 Å². The minimum atomic E-state index is -5.06. The van der Waals surface area contributed by atoms with Gasteiger partial charge in [-0.05, 0) is 38.5 Å². The lowest BCUT2D eigenvalue weighted by Crippen LogP contribution is -2.61. The molecule has 8 nitrogen and oxygen atoms in total. The molecule has 1 heterocycles. The summed E-state index contributed by atoms with van der Waals surface area (Å²) in [7, 11) is 0. The largest absolute Gasteiger partial charge is 0.451 e. The molecule has 172 valence electrons. The minimum absolute atomic E-state index is 0.0412. The minimum Gasteiger partial charge on any atom is -0.343 e. The summed E-state index contributed by atoms with van der Waals surface area (Å²) in [5.41, 5.74) is 10.3. The van der Waals surface area contributed by atoms with E-state index in [2.05, 4.69) is 10.6 Å². The van der Waals surface area contributed by atoms with Crippen LogP contribution < -0.4 is 22.1 Å². The molecule has 1 aliphatic rings. The van der Waals surface area contributed by atoms with Crippen LogP contribution in [0.2, 0.25) is 0 Å². The Kier molecular flexibility index (Phi) is 8.77. The Balaban J connectivity index is 2.42. The summed E-state index contributed by atoms with van der Waals surface area (Å²) in [6.07, 6.45) is -11.0. The zero-order valence-electron chi connectivity index (χ0n) is 15.6. The Bertz CT molecular complexity index is 611. The maximum absolute atomic E-state index is 12.3. The molecule has 0 bridgehead atoms. The van der Waals surface area contributed by atoms with Gasteiger partial charge in [-0.3, -0.25) is 19.2 Å². The second-order valence-corrected chi connectivity index (χ2v) is 6.92. The second kappa shape index (κ2) is 10.2. The molecule has 6 N–H and O–H groups in total. The molecule has 14 heteroatoms. The third-order valence-electron chi connectivity index (χ3n) is 4.51. The van der Waals surface area contributed by atoms with Gasteiger partial charge in [0, 0.05) is 0 Å². The van der Waals surface area contributed by atoms with Gasteiger partial charge in [0.05, 0.1) is 12.1 Å². The Morgan fingerprint density at radius 3 is 1.33 bits per heavy atom. The van der Waals surface area contributed by atoms with E-state index in [9.17, 15) is 45.5 Å². The SMILES string of the molecule is NC(CCC[C@@H]1NC(=O)[C@H](CCCC(N)C(=O)C(F)(F)F)NC1=O)C(=O)C(F)(F)F. The van der Waals surface area contributed by atoms with E-state index in [0.29, 0.717) is 0 Å². The zero-order chi connectivity index (χ0) is 23.3. The molecule has 0 aromatic rings. The van der Waals surface area contributed by atoms with Gasteiger partial charge in [0.2, 0.25) is 11.8 Å². The van der Waals surface area contributed by atoms with Crippen LogP contribution in [0, 0.1) is 0 Å². The third kappa shape index (κ3) is 7.55. The monoisotopic (exact) mass is 448 g/mol. The van der Waals surface area contributed by atoms with E-state index >= 15 is 0 Å². The van der Waals surface area contributed by atoms with Crippen molar-refractivity contribution in [2.75, 3.05) is 0 Å². The van der Waals surface area contributed by atoms with Crippen LogP contribution in [0.25, 0.3) is 0 Å². The van der Waals surface area contributed by atoms with E-state index in [4.69, 9.17) is 11.5 Å². The fraction of sp³-hybridized carbons (Fsp3) is 0.750. The van der Waals surface area contributed by atoms with E-state index in [1.165, 1.54) is 0 Å². The van der Waals surface area contributed by atoms with Crippen molar-refractivity contribution in [3.05, 3.63) is 0 Å². The summed E-state index contributed by atoms with van der Waals surface area (Å²) in [6.45, 7) is 0. The first kappa shape index (κ1) is 25.8. The molecule has 0 saturated carbocycles. The van der Waals surface area contributed by atoms with E-state index in [1.807, 2.05) is 0 Å². The number of nitrogens with two attached hydrogens (primary N) is 2. The number of nitrogens with one attached hydrogen (secondary N) is 2. The van der Waals surface area contributed by atoms with E-state index in [-0.39, 0.29) is 38.5 Å². The van der Waals surface area contributed by atoms with Crippen molar-refractivity contribution in [3.8, 4) is 0 Å². The predicted molar refractivity (Wildman–Crippen MR) is 89.6 cm³/mol. The topological polar surface area (TPSA) is 144 Å². The number of alkyl halides is 6. The van der Waals surface area contributed by atoms with Crippen molar-refractivity contribution in [1.29, 1.82) is 0 Å². The molecular weight excluding hydrogens is 426 g/mol. The first-order valence-electron chi connectivity index (χ1n) is 8.98. The zero-order valence-corrected chi connectivity index (χ0v) is 15.6. The van der Waals surface area contributed by atoms with Crippen LogP contribution >= 0.6 is 0 Å². The number of Topliss-reactive ketones (excluding diaryl/α,β-unsaturated/α-hetero) is 2. The van der Waals surface area contributed by atoms with Gasteiger partial charge in [0.15, 0.2) is 0 Å². The highest BCUT2D eigenvalue weighted by molar-refractivity contribution is 5.96. The van der Waals surface area contributed by atoms with Crippen molar-refractivity contribution in [1.82, 2.24) is 10.6 Å². The van der Waals surface area contributed by atoms with Crippen LogP contribution in [0.4, 0.5) is 26.3 Å². The van der Waals surface area contributed by atoms with Gasteiger partial charge in [0.1, 0.15) is 12.1 Å². The molecule has 1 saturated heterocycles. The Hall–Kier alpha value is -2.22. The third-order valence-corrected chi connectivity index (χ3v) is 4.51. The number of hydrogen-bond donors (Lipinski definition) is 4. The Labute approximate surface area is 167 Å². The first-order valence-corrected chi connectivity index (χ1v) is 8.98. The van der Waals surface area contributed by atoms with E-state index in [1.54, 1.807) is 0 Å². The molecule has 1 aliphatic heterocycles. The lowest BCUT2D eigenvalue weighted by Gasteiger charge is -2.30. The van der Waals surface area contributed by atoms with Crippen LogP contribution in [0.15, 0.2) is 0 Å². The number of hydrogen-bond acceptors (Lipinski definition) is 6. The molecule has 4 atom stereocenters. The van der Waals surface area contributed by atoms with Crippen molar-refractivity contribution in [2.45, 2.75) is 75.0 Å². The van der Waals surface area contributed by atoms with Gasteiger partial charge in [-0.2, -0.15) is 26.3 Å². The maximum atomic E-state index is 12.3. The van der Waals surface area contributed by atoms with Crippen molar-refractivity contribution in [2.24, 2.45) is 11.5 Å². The molecule has 2 unspecified atom stereocenters. The highest BCUT2D eigenvalue weighted by Crippen LogP contribution is 2.21. The summed E-state index contributed by atoms with van der Waals surface area (Å²) in [5.74, 6) is -5.43. The summed E-state index contributed by atoms with van der Waals surface area (Å²) in [4.78, 5) is 46.0. The number of piperazine rings is 1. The van der Waals surface area contributed by atoms with Gasteiger partial charge in [-0.15, -0.1) is 0 Å². The second-order valence-electron chi connectivity index (χ2n) is 6.92. The summed E-state index contributed by atoms with van der Waals surface area (Å²) < 4.78 is 73.6. The fourth-order valence-electron chi connectivity index (χ4n) is 2.85. The molecular formula is C16H22F6N4O4. The molecule has 30 heavy (non-hydrogen) atoms. The predicted octanol–water partition coefficient (Wildman–Crippen LogP) is 0.228. The normalized spacial score (nSPS) is 22.1. The quantitative estimate of drug-likeness (QED) is 0.352. The number of carbonyl (C=O) groups is 4. The van der Waals surface area contributed by atoms with Crippen LogP contribution in [0.5, 0.6) is 0 Å². The van der Waals surface area contributed by atoms with Gasteiger partial charge in [-0.1, -0.05) is 0 Å². The molecule has 1 fully saturated rings. The van der Waals surface area contributed by atoms with Crippen LogP contribution in [0.1, 0.15) is 38.5 Å². The number of carbonyl (C=O) groups excluding carboxylic acids is 4. The average molecular weight is 448 g/mol. The lowest BCUT2D eigenvalue weighted by molar-refractivity contribution is -0.172. The maximum Gasteiger partial charge on any atom is 0.451 e. The fourth-order valence-corrected chi connectivity index (χ4v) is 2.85. The average Bonchev–Trinajstić information content (AvgIpc) is 2.62. The van der Waals surface area contributed by atoms with Crippen molar-refractivity contribution >= 4 is 23.4 Å². The van der Waals surface area contributed by atoms with Crippen LogP contribution in [-0.4, -0.2) is 59.9 Å². The van der Waals surface area contributed by atoms with Gasteiger partial charge < -0.3 is 22.1 Å². The summed E-state index contributed by atoms with van der Waals surface area (Å²) in [6, 6.07) is -5.64. The van der Waals surface area contributed by atoms with E-state index in [0.717, 1.165) is 0 Å². The Morgan fingerprint density at radius 1 is 0.767 bits per heavy atom. The molecule has 0 aliphatic carbocycles. The molecule has 0 aromatic heterocycles. The molecule has 0 spiro atoms. The highest BCUT2D eigenvalue weighted by Gasteiger charge is 2.43. The van der Waals surface area contributed by atoms with Gasteiger partial charge in [0.25, 0.3) is 11.6 Å². The summed E-state index contributed by atoms with van der Waals surface area (Å²) >= 11 is 0. The number of rotatable bonds is 10. The van der Waals surface area contributed by atoms with Gasteiger partial charge >= 0.3 is 12.4 Å². The molecule has 0 aromatic carbocycles. The van der Waals surface area contributed by atoms with Crippen LogP contribution in [0.3, 0.4) is 0 Å². The number of ketones is 2. The van der Waals surface area contributed by atoms with Crippen LogP contribution in [-0.2, 0) is 19.2 Å². The first-order chi connectivity index (χ1) is 13.6. The van der Waals surface area contributed by atoms with Crippen molar-refractivity contribution < 1.29 is 45.5 Å². The highest BCUT2D eigenvalue weighted by atomic mass is 19.4. The molecule has 0 radical (unpaired) electrons. The molecule has 1 rings (SSSR count). The standard InChI is InChI=1S/C16H22F6N4O4/c17-15(18,19)11(27)7(23)3-1-5-9-13(29)26-10(14(30)25-9)6-2-4-8(24)12(28)16(20,21)22/h7-10H,1-6,23-24H2,(H,25,30)(H,26,29)/t7?,8?,9-,10-/m0/s1. The summed E-state index contributed by atoms with van der Waals surface area (Å²) in [5, 5.41) is 4.71.